The second-order valence-corrected chi connectivity index (χ2v) is 7.47. The van der Waals surface area contributed by atoms with Gasteiger partial charge in [-0.25, -0.2) is 4.79 Å². The summed E-state index contributed by atoms with van der Waals surface area (Å²) in [6.45, 7) is 5.84. The van der Waals surface area contributed by atoms with Gasteiger partial charge >= 0.3 is 11.9 Å². The summed E-state index contributed by atoms with van der Waals surface area (Å²) in [5.41, 5.74) is 2.56. The van der Waals surface area contributed by atoms with Gasteiger partial charge in [-0.3, -0.25) is 9.59 Å². The van der Waals surface area contributed by atoms with Crippen LogP contribution in [-0.4, -0.2) is 35.6 Å². The number of esters is 2. The molecule has 0 spiro atoms. The van der Waals surface area contributed by atoms with Crippen molar-refractivity contribution in [3.63, 3.8) is 0 Å². The Morgan fingerprint density at radius 3 is 2.30 bits per heavy atom. The van der Waals surface area contributed by atoms with Crippen LogP contribution in [0, 0.1) is 6.92 Å². The quantitative estimate of drug-likeness (QED) is 0.563. The Morgan fingerprint density at radius 1 is 0.967 bits per heavy atom. The summed E-state index contributed by atoms with van der Waals surface area (Å²) < 4.78 is 12.4. The zero-order chi connectivity index (χ0) is 21.7. The van der Waals surface area contributed by atoms with Crippen LogP contribution in [0.15, 0.2) is 47.5 Å². The van der Waals surface area contributed by atoms with Crippen molar-refractivity contribution in [2.75, 3.05) is 13.2 Å². The number of aromatic nitrogens is 1. The predicted molar refractivity (Wildman–Crippen MR) is 113 cm³/mol. The van der Waals surface area contributed by atoms with Crippen LogP contribution < -0.4 is 4.80 Å². The molecule has 8 heteroatoms. The van der Waals surface area contributed by atoms with E-state index in [9.17, 15) is 14.4 Å². The first-order chi connectivity index (χ1) is 14.4. The maximum Gasteiger partial charge on any atom is 0.338 e. The normalized spacial score (nSPS) is 11.5. The third-order valence-corrected chi connectivity index (χ3v) is 5.32. The van der Waals surface area contributed by atoms with Crippen LogP contribution in [0.3, 0.4) is 0 Å². The van der Waals surface area contributed by atoms with Crippen LogP contribution in [0.1, 0.15) is 40.1 Å². The smallest absolute Gasteiger partial charge is 0.338 e. The molecule has 0 saturated carbocycles. The molecule has 0 fully saturated rings. The molecule has 0 unspecified atom stereocenters. The number of carbonyl (C=O) groups excluding carboxylic acids is 3. The second-order valence-electron chi connectivity index (χ2n) is 6.46. The average molecular weight is 426 g/mol. The van der Waals surface area contributed by atoms with Gasteiger partial charge in [0.1, 0.15) is 6.54 Å². The van der Waals surface area contributed by atoms with Crippen molar-refractivity contribution < 1.29 is 23.9 Å². The highest BCUT2D eigenvalue weighted by atomic mass is 32.1. The van der Waals surface area contributed by atoms with Gasteiger partial charge in [-0.1, -0.05) is 29.0 Å². The first-order valence-corrected chi connectivity index (χ1v) is 10.4. The molecule has 1 aromatic heterocycles. The Balaban J connectivity index is 2.09. The molecule has 2 aromatic carbocycles. The number of aryl methyl sites for hydroxylation is 1. The van der Waals surface area contributed by atoms with Crippen LogP contribution in [0.4, 0.5) is 0 Å². The molecule has 0 radical (unpaired) electrons. The van der Waals surface area contributed by atoms with Crippen LogP contribution in [0.2, 0.25) is 0 Å². The van der Waals surface area contributed by atoms with Crippen molar-refractivity contribution in [2.24, 2.45) is 4.99 Å². The number of benzene rings is 2. The fraction of sp³-hybridized carbons (Fsp3) is 0.273. The minimum Gasteiger partial charge on any atom is -0.465 e. The van der Waals surface area contributed by atoms with Gasteiger partial charge in [0.25, 0.3) is 5.91 Å². The fourth-order valence-electron chi connectivity index (χ4n) is 2.84. The van der Waals surface area contributed by atoms with Crippen LogP contribution in [0.25, 0.3) is 10.2 Å². The molecule has 0 aliphatic carbocycles. The van der Waals surface area contributed by atoms with Crippen LogP contribution in [0.5, 0.6) is 0 Å². The van der Waals surface area contributed by atoms with E-state index >= 15 is 0 Å². The first kappa shape index (κ1) is 21.4. The molecular weight excluding hydrogens is 404 g/mol. The molecule has 0 N–H and O–H groups in total. The van der Waals surface area contributed by atoms with Gasteiger partial charge in [0.05, 0.1) is 29.0 Å². The lowest BCUT2D eigenvalue weighted by molar-refractivity contribution is -0.143. The third kappa shape index (κ3) is 4.83. The number of nitrogens with zero attached hydrogens (tertiary/aromatic N) is 2. The summed E-state index contributed by atoms with van der Waals surface area (Å²) in [4.78, 5) is 41.4. The molecular formula is C22H22N2O5S. The zero-order valence-electron chi connectivity index (χ0n) is 17.0. The van der Waals surface area contributed by atoms with E-state index in [0.29, 0.717) is 26.1 Å². The lowest BCUT2D eigenvalue weighted by Crippen LogP contribution is -2.23. The highest BCUT2D eigenvalue weighted by Crippen LogP contribution is 2.20. The van der Waals surface area contributed by atoms with Gasteiger partial charge in [-0.2, -0.15) is 4.99 Å². The highest BCUT2D eigenvalue weighted by molar-refractivity contribution is 7.16. The molecule has 1 amide bonds. The van der Waals surface area contributed by atoms with Crippen molar-refractivity contribution in [1.82, 2.24) is 4.57 Å². The topological polar surface area (TPSA) is 87.0 Å². The molecule has 0 aliphatic heterocycles. The fourth-order valence-corrected chi connectivity index (χ4v) is 3.90. The molecule has 7 nitrogen and oxygen atoms in total. The Labute approximate surface area is 177 Å². The summed E-state index contributed by atoms with van der Waals surface area (Å²) in [5, 5.41) is 0. The lowest BCUT2D eigenvalue weighted by atomic mass is 10.1. The van der Waals surface area contributed by atoms with Crippen molar-refractivity contribution in [3.8, 4) is 0 Å². The van der Waals surface area contributed by atoms with E-state index in [1.165, 1.54) is 11.3 Å². The molecule has 1 heterocycles. The van der Waals surface area contributed by atoms with Crippen molar-refractivity contribution in [1.29, 1.82) is 0 Å². The number of amides is 1. The number of thiazole rings is 1. The summed E-state index contributed by atoms with van der Waals surface area (Å²) in [6, 6.07) is 12.1. The predicted octanol–water partition coefficient (Wildman–Crippen LogP) is 3.49. The van der Waals surface area contributed by atoms with E-state index < -0.39 is 17.8 Å². The molecule has 0 bridgehead atoms. The molecule has 0 saturated heterocycles. The lowest BCUT2D eigenvalue weighted by Gasteiger charge is -2.06. The van der Waals surface area contributed by atoms with Crippen molar-refractivity contribution in [2.45, 2.75) is 27.3 Å². The largest absolute Gasteiger partial charge is 0.465 e. The van der Waals surface area contributed by atoms with E-state index in [4.69, 9.17) is 9.47 Å². The van der Waals surface area contributed by atoms with Gasteiger partial charge in [0.2, 0.25) is 0 Å². The van der Waals surface area contributed by atoms with Gasteiger partial charge < -0.3 is 14.0 Å². The Kier molecular flexibility index (Phi) is 6.79. The molecule has 0 aliphatic rings. The minimum absolute atomic E-state index is 0.0907. The van der Waals surface area contributed by atoms with E-state index in [2.05, 4.69) is 4.99 Å². The van der Waals surface area contributed by atoms with E-state index in [1.54, 1.807) is 48.7 Å². The van der Waals surface area contributed by atoms with E-state index in [-0.39, 0.29) is 19.8 Å². The standard InChI is InChI=1S/C22H22N2O5S/c1-4-28-19(25)13-24-17-11-10-16(21(27)29-5-2)12-18(17)30-22(24)23-20(26)15-8-6-14(3)7-9-15/h6-12H,4-5,13H2,1-3H3. The highest BCUT2D eigenvalue weighted by Gasteiger charge is 2.15. The zero-order valence-corrected chi connectivity index (χ0v) is 17.8. The van der Waals surface area contributed by atoms with Gasteiger partial charge in [0.15, 0.2) is 4.80 Å². The summed E-state index contributed by atoms with van der Waals surface area (Å²) >= 11 is 1.22. The first-order valence-electron chi connectivity index (χ1n) is 9.54. The van der Waals surface area contributed by atoms with E-state index in [1.807, 2.05) is 19.1 Å². The van der Waals surface area contributed by atoms with Crippen LogP contribution in [-0.2, 0) is 20.8 Å². The van der Waals surface area contributed by atoms with Crippen molar-refractivity contribution in [3.05, 3.63) is 64.0 Å². The minimum atomic E-state index is -0.434. The van der Waals surface area contributed by atoms with Crippen molar-refractivity contribution >= 4 is 39.4 Å². The maximum absolute atomic E-state index is 12.7. The summed E-state index contributed by atoms with van der Waals surface area (Å²) in [7, 11) is 0. The SMILES string of the molecule is CCOC(=O)Cn1c(=NC(=O)c2ccc(C)cc2)sc2cc(C(=O)OCC)ccc21. The Bertz CT molecular complexity index is 1160. The average Bonchev–Trinajstić information content (AvgIpc) is 3.05. The molecule has 0 atom stereocenters. The number of hydrogen-bond donors (Lipinski definition) is 0. The molecule has 3 rings (SSSR count). The van der Waals surface area contributed by atoms with Crippen LogP contribution >= 0.6 is 11.3 Å². The van der Waals surface area contributed by atoms with E-state index in [0.717, 1.165) is 5.56 Å². The van der Waals surface area contributed by atoms with Gasteiger partial charge in [-0.05, 0) is 51.1 Å². The summed E-state index contributed by atoms with van der Waals surface area (Å²) in [6.07, 6.45) is 0. The monoisotopic (exact) mass is 426 g/mol. The Hall–Kier alpha value is -3.26. The molecule has 3 aromatic rings. The third-order valence-electron chi connectivity index (χ3n) is 4.28. The number of hydrogen-bond acceptors (Lipinski definition) is 6. The Morgan fingerprint density at radius 2 is 1.63 bits per heavy atom. The second kappa shape index (κ2) is 9.49. The number of rotatable bonds is 6. The molecule has 30 heavy (non-hydrogen) atoms. The van der Waals surface area contributed by atoms with Gasteiger partial charge in [-0.15, -0.1) is 0 Å². The molecule has 156 valence electrons. The number of fused-ring (bicyclic) bond motifs is 1. The number of carbonyl (C=O) groups is 3. The summed E-state index contributed by atoms with van der Waals surface area (Å²) in [5.74, 6) is -1.28. The maximum atomic E-state index is 12.7. The van der Waals surface area contributed by atoms with Gasteiger partial charge in [0, 0.05) is 5.56 Å². The number of ether oxygens (including phenoxy) is 2.